The van der Waals surface area contributed by atoms with Gasteiger partial charge in [0.05, 0.1) is 6.61 Å². The summed E-state index contributed by atoms with van der Waals surface area (Å²) in [5.41, 5.74) is 1.14. The molecule has 2 saturated heterocycles. The van der Waals surface area contributed by atoms with Crippen LogP contribution in [0.15, 0.2) is 29.3 Å². The molecule has 29 heavy (non-hydrogen) atoms. The molecular formula is C22H32N4O3. The second kappa shape index (κ2) is 9.48. The fraction of sp³-hybridized carbons (Fsp3) is 0.636. The quantitative estimate of drug-likeness (QED) is 0.583. The number of hydrogen-bond donors (Lipinski definition) is 1. The summed E-state index contributed by atoms with van der Waals surface area (Å²) in [4.78, 5) is 21.1. The highest BCUT2D eigenvalue weighted by Crippen LogP contribution is 2.30. The van der Waals surface area contributed by atoms with E-state index in [2.05, 4.69) is 21.3 Å². The highest BCUT2D eigenvalue weighted by Gasteiger charge is 2.31. The van der Waals surface area contributed by atoms with Crippen LogP contribution in [0.25, 0.3) is 0 Å². The number of amides is 1. The summed E-state index contributed by atoms with van der Waals surface area (Å²) in [6.07, 6.45) is 4.18. The van der Waals surface area contributed by atoms with E-state index in [1.807, 2.05) is 30.1 Å². The van der Waals surface area contributed by atoms with E-state index in [4.69, 9.17) is 9.47 Å². The van der Waals surface area contributed by atoms with E-state index < -0.39 is 0 Å². The summed E-state index contributed by atoms with van der Waals surface area (Å²) in [5, 5.41) is 3.47. The highest BCUT2D eigenvalue weighted by molar-refractivity contribution is 5.82. The molecule has 3 fully saturated rings. The van der Waals surface area contributed by atoms with Crippen molar-refractivity contribution in [2.24, 2.45) is 10.9 Å². The zero-order valence-corrected chi connectivity index (χ0v) is 17.3. The standard InChI is InChI=1S/C22H32N4O3/c1-23-22(24-15-18-5-2-3-6-19(18)29-16-17-8-9-17)26-12-10-25(11-13-26)21(27)20-7-4-14-28-20/h2-3,5-6,17,20H,4,7-16H2,1H3,(H,23,24). The van der Waals surface area contributed by atoms with Crippen molar-refractivity contribution in [2.75, 3.05) is 46.4 Å². The maximum absolute atomic E-state index is 12.5. The minimum atomic E-state index is -0.230. The molecule has 1 aromatic carbocycles. The number of hydrogen-bond acceptors (Lipinski definition) is 4. The molecule has 1 unspecified atom stereocenters. The van der Waals surface area contributed by atoms with E-state index in [9.17, 15) is 4.79 Å². The number of rotatable bonds is 6. The van der Waals surface area contributed by atoms with Gasteiger partial charge in [0.2, 0.25) is 0 Å². The lowest BCUT2D eigenvalue weighted by molar-refractivity contribution is -0.142. The van der Waals surface area contributed by atoms with Crippen LogP contribution >= 0.6 is 0 Å². The van der Waals surface area contributed by atoms with Gasteiger partial charge in [0.25, 0.3) is 5.91 Å². The molecule has 0 radical (unpaired) electrons. The van der Waals surface area contributed by atoms with E-state index in [0.29, 0.717) is 26.2 Å². The zero-order valence-electron chi connectivity index (χ0n) is 17.3. The van der Waals surface area contributed by atoms with Gasteiger partial charge in [-0.3, -0.25) is 9.79 Å². The number of nitrogens with one attached hydrogen (secondary N) is 1. The molecule has 1 N–H and O–H groups in total. The van der Waals surface area contributed by atoms with Crippen molar-refractivity contribution < 1.29 is 14.3 Å². The smallest absolute Gasteiger partial charge is 0.251 e. The topological polar surface area (TPSA) is 66.4 Å². The largest absolute Gasteiger partial charge is 0.493 e. The second-order valence-electron chi connectivity index (χ2n) is 8.08. The van der Waals surface area contributed by atoms with Gasteiger partial charge in [-0.25, -0.2) is 0 Å². The Morgan fingerprint density at radius 2 is 1.93 bits per heavy atom. The van der Waals surface area contributed by atoms with Crippen LogP contribution in [-0.2, 0) is 16.1 Å². The van der Waals surface area contributed by atoms with Crippen molar-refractivity contribution in [1.82, 2.24) is 15.1 Å². The lowest BCUT2D eigenvalue weighted by atomic mass is 10.2. The molecule has 1 amide bonds. The molecule has 2 heterocycles. The van der Waals surface area contributed by atoms with Crippen molar-refractivity contribution in [3.05, 3.63) is 29.8 Å². The Balaban J connectivity index is 1.27. The third-order valence-electron chi connectivity index (χ3n) is 5.89. The summed E-state index contributed by atoms with van der Waals surface area (Å²) in [6.45, 7) is 5.16. The van der Waals surface area contributed by atoms with Gasteiger partial charge in [-0.2, -0.15) is 0 Å². The average molecular weight is 401 g/mol. The molecular weight excluding hydrogens is 368 g/mol. The summed E-state index contributed by atoms with van der Waals surface area (Å²) < 4.78 is 11.6. The molecule has 1 aromatic rings. The van der Waals surface area contributed by atoms with Gasteiger partial charge in [-0.15, -0.1) is 0 Å². The molecule has 1 atom stereocenters. The lowest BCUT2D eigenvalue weighted by Crippen LogP contribution is -2.55. The Morgan fingerprint density at radius 3 is 2.62 bits per heavy atom. The molecule has 4 rings (SSSR count). The number of carbonyl (C=O) groups is 1. The van der Waals surface area contributed by atoms with Crippen molar-refractivity contribution in [3.8, 4) is 5.75 Å². The first-order valence-electron chi connectivity index (χ1n) is 10.8. The van der Waals surface area contributed by atoms with E-state index >= 15 is 0 Å². The molecule has 1 aliphatic carbocycles. The molecule has 0 bridgehead atoms. The molecule has 2 aliphatic heterocycles. The molecule has 0 spiro atoms. The van der Waals surface area contributed by atoms with Gasteiger partial charge in [0.1, 0.15) is 11.9 Å². The molecule has 3 aliphatic rings. The molecule has 1 saturated carbocycles. The number of nitrogens with zero attached hydrogens (tertiary/aromatic N) is 3. The van der Waals surface area contributed by atoms with Gasteiger partial charge in [-0.1, -0.05) is 18.2 Å². The summed E-state index contributed by atoms with van der Waals surface area (Å²) in [7, 11) is 1.81. The number of benzene rings is 1. The number of guanidine groups is 1. The van der Waals surface area contributed by atoms with Gasteiger partial charge < -0.3 is 24.6 Å². The van der Waals surface area contributed by atoms with Crippen LogP contribution in [0, 0.1) is 5.92 Å². The van der Waals surface area contributed by atoms with E-state index in [0.717, 1.165) is 55.7 Å². The monoisotopic (exact) mass is 400 g/mol. The summed E-state index contributed by atoms with van der Waals surface area (Å²) >= 11 is 0. The first kappa shape index (κ1) is 20.0. The van der Waals surface area contributed by atoms with Crippen LogP contribution in [0.3, 0.4) is 0 Å². The van der Waals surface area contributed by atoms with Crippen LogP contribution in [0.1, 0.15) is 31.2 Å². The minimum absolute atomic E-state index is 0.145. The third-order valence-corrected chi connectivity index (χ3v) is 5.89. The minimum Gasteiger partial charge on any atom is -0.493 e. The number of ether oxygens (including phenoxy) is 2. The maximum Gasteiger partial charge on any atom is 0.251 e. The zero-order chi connectivity index (χ0) is 20.1. The number of aliphatic imine (C=N–C) groups is 1. The van der Waals surface area contributed by atoms with Crippen molar-refractivity contribution >= 4 is 11.9 Å². The fourth-order valence-corrected chi connectivity index (χ4v) is 3.90. The first-order valence-corrected chi connectivity index (χ1v) is 10.8. The SMILES string of the molecule is CN=C(NCc1ccccc1OCC1CC1)N1CCN(C(=O)C2CCCO2)CC1. The Morgan fingerprint density at radius 1 is 1.17 bits per heavy atom. The van der Waals surface area contributed by atoms with Crippen LogP contribution in [0.4, 0.5) is 0 Å². The van der Waals surface area contributed by atoms with Crippen molar-refractivity contribution in [1.29, 1.82) is 0 Å². The Bertz CT molecular complexity index is 721. The Kier molecular flexibility index (Phi) is 6.54. The molecule has 7 heteroatoms. The average Bonchev–Trinajstić information content (AvgIpc) is 3.44. The second-order valence-corrected chi connectivity index (χ2v) is 8.08. The van der Waals surface area contributed by atoms with Crippen molar-refractivity contribution in [2.45, 2.75) is 38.3 Å². The Hall–Kier alpha value is -2.28. The van der Waals surface area contributed by atoms with Gasteiger partial charge in [-0.05, 0) is 37.7 Å². The molecule has 0 aromatic heterocycles. The summed E-state index contributed by atoms with van der Waals surface area (Å²) in [6, 6.07) is 8.20. The number of para-hydroxylation sites is 1. The van der Waals surface area contributed by atoms with E-state index in [1.165, 1.54) is 12.8 Å². The van der Waals surface area contributed by atoms with E-state index in [1.54, 1.807) is 0 Å². The van der Waals surface area contributed by atoms with Gasteiger partial charge in [0.15, 0.2) is 5.96 Å². The fourth-order valence-electron chi connectivity index (χ4n) is 3.90. The summed E-state index contributed by atoms with van der Waals surface area (Å²) in [5.74, 6) is 2.70. The van der Waals surface area contributed by atoms with Crippen LogP contribution in [0.2, 0.25) is 0 Å². The Labute approximate surface area is 173 Å². The van der Waals surface area contributed by atoms with Gasteiger partial charge in [0, 0.05) is 51.9 Å². The highest BCUT2D eigenvalue weighted by atomic mass is 16.5. The van der Waals surface area contributed by atoms with Crippen LogP contribution < -0.4 is 10.1 Å². The van der Waals surface area contributed by atoms with Gasteiger partial charge >= 0.3 is 0 Å². The van der Waals surface area contributed by atoms with Crippen LogP contribution in [0.5, 0.6) is 5.75 Å². The molecule has 7 nitrogen and oxygen atoms in total. The predicted octanol–water partition coefficient (Wildman–Crippen LogP) is 1.87. The van der Waals surface area contributed by atoms with Crippen molar-refractivity contribution in [3.63, 3.8) is 0 Å². The van der Waals surface area contributed by atoms with Crippen LogP contribution in [-0.4, -0.2) is 74.2 Å². The van der Waals surface area contributed by atoms with E-state index in [-0.39, 0.29) is 12.0 Å². The lowest BCUT2D eigenvalue weighted by Gasteiger charge is -2.37. The number of carbonyl (C=O) groups excluding carboxylic acids is 1. The molecule has 158 valence electrons. The number of piperazine rings is 1. The predicted molar refractivity (Wildman–Crippen MR) is 112 cm³/mol. The first-order chi connectivity index (χ1) is 14.2. The maximum atomic E-state index is 12.5. The third kappa shape index (κ3) is 5.21. The normalized spacial score (nSPS) is 22.7.